The zero-order valence-corrected chi connectivity index (χ0v) is 11.3. The molecule has 0 aromatic heterocycles. The fourth-order valence-electron chi connectivity index (χ4n) is 1.30. The van der Waals surface area contributed by atoms with Gasteiger partial charge in [0.15, 0.2) is 0 Å². The van der Waals surface area contributed by atoms with Crippen molar-refractivity contribution in [2.24, 2.45) is 0 Å². The summed E-state index contributed by atoms with van der Waals surface area (Å²) in [5.41, 5.74) is 0. The third-order valence-electron chi connectivity index (χ3n) is 2.15. The maximum Gasteiger partial charge on any atom is 0.0542 e. The molecule has 0 heterocycles. The van der Waals surface area contributed by atoms with Gasteiger partial charge in [0, 0.05) is 9.92 Å². The summed E-state index contributed by atoms with van der Waals surface area (Å²) < 4.78 is 0. The Morgan fingerprint density at radius 1 is 1.13 bits per heavy atom. The average Bonchev–Trinajstić information content (AvgIpc) is 2.23. The molecule has 0 fully saturated rings. The van der Waals surface area contributed by atoms with Crippen LogP contribution in [0.1, 0.15) is 32.6 Å². The van der Waals surface area contributed by atoms with Crippen LogP contribution in [0.5, 0.6) is 0 Å². The molecule has 15 heavy (non-hydrogen) atoms. The molecule has 0 nitrogen and oxygen atoms in total. The maximum absolute atomic E-state index is 6.06. The summed E-state index contributed by atoms with van der Waals surface area (Å²) in [5.74, 6) is 1.13. The molecule has 3 heteroatoms. The molecule has 0 amide bonds. The summed E-state index contributed by atoms with van der Waals surface area (Å²) in [5, 5.41) is 1.57. The lowest BCUT2D eigenvalue weighted by atomic mass is 10.2. The van der Waals surface area contributed by atoms with E-state index in [0.717, 1.165) is 20.7 Å². The molecule has 0 spiro atoms. The number of benzene rings is 1. The van der Waals surface area contributed by atoms with Gasteiger partial charge in [-0.15, -0.1) is 11.8 Å². The minimum Gasteiger partial charge on any atom is -0.125 e. The van der Waals surface area contributed by atoms with Crippen molar-refractivity contribution in [3.05, 3.63) is 28.2 Å². The first-order valence-electron chi connectivity index (χ1n) is 5.32. The number of hydrogen-bond acceptors (Lipinski definition) is 1. The van der Waals surface area contributed by atoms with Crippen molar-refractivity contribution in [2.75, 3.05) is 5.75 Å². The van der Waals surface area contributed by atoms with Gasteiger partial charge in [-0.05, 0) is 30.4 Å². The molecular weight excluding hydrogens is 247 g/mol. The number of rotatable bonds is 6. The minimum atomic E-state index is 0.760. The van der Waals surface area contributed by atoms with Gasteiger partial charge in [0.2, 0.25) is 0 Å². The molecule has 0 bridgehead atoms. The largest absolute Gasteiger partial charge is 0.125 e. The topological polar surface area (TPSA) is 0 Å². The molecule has 0 saturated heterocycles. The SMILES string of the molecule is CCCCCCSc1cc(Cl)ccc1Cl. The highest BCUT2D eigenvalue weighted by molar-refractivity contribution is 7.99. The summed E-state index contributed by atoms with van der Waals surface area (Å²) in [4.78, 5) is 1.10. The number of halogens is 2. The van der Waals surface area contributed by atoms with Crippen LogP contribution in [0.25, 0.3) is 0 Å². The van der Waals surface area contributed by atoms with Crippen molar-refractivity contribution in [1.82, 2.24) is 0 Å². The first kappa shape index (κ1) is 13.2. The van der Waals surface area contributed by atoms with E-state index in [1.807, 2.05) is 18.2 Å². The Kier molecular flexibility index (Phi) is 6.54. The van der Waals surface area contributed by atoms with Crippen molar-refractivity contribution in [1.29, 1.82) is 0 Å². The average molecular weight is 263 g/mol. The molecule has 1 aromatic rings. The molecule has 0 atom stereocenters. The lowest BCUT2D eigenvalue weighted by molar-refractivity contribution is 0.706. The summed E-state index contributed by atoms with van der Waals surface area (Å²) in [6.45, 7) is 2.22. The molecule has 0 saturated carbocycles. The smallest absolute Gasteiger partial charge is 0.0542 e. The molecule has 0 aliphatic heterocycles. The van der Waals surface area contributed by atoms with Gasteiger partial charge < -0.3 is 0 Å². The molecule has 1 aromatic carbocycles. The van der Waals surface area contributed by atoms with Crippen LogP contribution in [-0.4, -0.2) is 5.75 Å². The molecule has 0 unspecified atom stereocenters. The highest BCUT2D eigenvalue weighted by Gasteiger charge is 2.01. The van der Waals surface area contributed by atoms with Crippen LogP contribution in [0.4, 0.5) is 0 Å². The van der Waals surface area contributed by atoms with E-state index in [1.165, 1.54) is 25.7 Å². The second-order valence-electron chi connectivity index (χ2n) is 3.48. The van der Waals surface area contributed by atoms with Crippen LogP contribution in [-0.2, 0) is 0 Å². The Balaban J connectivity index is 2.33. The predicted octanol–water partition coefficient (Wildman–Crippen LogP) is 5.67. The van der Waals surface area contributed by atoms with E-state index in [0.29, 0.717) is 0 Å². The standard InChI is InChI=1S/C12H16Cl2S/c1-2-3-4-5-8-15-12-9-10(13)6-7-11(12)14/h6-7,9H,2-5,8H2,1H3. The van der Waals surface area contributed by atoms with E-state index in [4.69, 9.17) is 23.2 Å². The van der Waals surface area contributed by atoms with Gasteiger partial charge in [-0.1, -0.05) is 49.4 Å². The van der Waals surface area contributed by atoms with Crippen LogP contribution in [0.3, 0.4) is 0 Å². The number of hydrogen-bond donors (Lipinski definition) is 0. The van der Waals surface area contributed by atoms with Crippen molar-refractivity contribution in [3.63, 3.8) is 0 Å². The summed E-state index contributed by atoms with van der Waals surface area (Å²) in [6.07, 6.45) is 5.16. The van der Waals surface area contributed by atoms with Crippen LogP contribution < -0.4 is 0 Å². The Morgan fingerprint density at radius 3 is 2.67 bits per heavy atom. The highest BCUT2D eigenvalue weighted by atomic mass is 35.5. The van der Waals surface area contributed by atoms with Crippen molar-refractivity contribution in [3.8, 4) is 0 Å². The van der Waals surface area contributed by atoms with Crippen LogP contribution in [0.15, 0.2) is 23.1 Å². The van der Waals surface area contributed by atoms with Gasteiger partial charge in [0.05, 0.1) is 5.02 Å². The first-order valence-corrected chi connectivity index (χ1v) is 7.06. The molecule has 1 rings (SSSR count). The van der Waals surface area contributed by atoms with E-state index in [9.17, 15) is 0 Å². The second-order valence-corrected chi connectivity index (χ2v) is 5.46. The fraction of sp³-hybridized carbons (Fsp3) is 0.500. The summed E-state index contributed by atoms with van der Waals surface area (Å²) in [6, 6.07) is 5.62. The molecule has 0 aliphatic carbocycles. The summed E-state index contributed by atoms with van der Waals surface area (Å²) >= 11 is 13.8. The number of thioether (sulfide) groups is 1. The quantitative estimate of drug-likeness (QED) is 0.471. The maximum atomic E-state index is 6.06. The zero-order valence-electron chi connectivity index (χ0n) is 8.93. The Morgan fingerprint density at radius 2 is 1.93 bits per heavy atom. The van der Waals surface area contributed by atoms with E-state index < -0.39 is 0 Å². The first-order chi connectivity index (χ1) is 7.24. The van der Waals surface area contributed by atoms with Crippen molar-refractivity contribution >= 4 is 35.0 Å². The van der Waals surface area contributed by atoms with Gasteiger partial charge in [-0.25, -0.2) is 0 Å². The molecule has 84 valence electrons. The Hall–Kier alpha value is 0.150. The van der Waals surface area contributed by atoms with Gasteiger partial charge in [-0.3, -0.25) is 0 Å². The van der Waals surface area contributed by atoms with Crippen LogP contribution in [0, 0.1) is 0 Å². The van der Waals surface area contributed by atoms with Gasteiger partial charge in [-0.2, -0.15) is 0 Å². The van der Waals surface area contributed by atoms with Crippen molar-refractivity contribution in [2.45, 2.75) is 37.5 Å². The molecular formula is C12H16Cl2S. The van der Waals surface area contributed by atoms with Crippen molar-refractivity contribution < 1.29 is 0 Å². The third kappa shape index (κ3) is 5.14. The highest BCUT2D eigenvalue weighted by Crippen LogP contribution is 2.30. The van der Waals surface area contributed by atoms with Crippen LogP contribution in [0.2, 0.25) is 10.0 Å². The van der Waals surface area contributed by atoms with Crippen LogP contribution >= 0.6 is 35.0 Å². The lowest BCUT2D eigenvalue weighted by Crippen LogP contribution is -1.82. The minimum absolute atomic E-state index is 0.760. The Bertz CT molecular complexity index is 300. The predicted molar refractivity (Wildman–Crippen MR) is 71.3 cm³/mol. The lowest BCUT2D eigenvalue weighted by Gasteiger charge is -2.04. The fourth-order valence-corrected chi connectivity index (χ4v) is 2.80. The summed E-state index contributed by atoms with van der Waals surface area (Å²) in [7, 11) is 0. The normalized spacial score (nSPS) is 10.6. The van der Waals surface area contributed by atoms with E-state index in [1.54, 1.807) is 11.8 Å². The number of unbranched alkanes of at least 4 members (excludes halogenated alkanes) is 3. The molecule has 0 radical (unpaired) electrons. The van der Waals surface area contributed by atoms with Gasteiger partial charge in [0.25, 0.3) is 0 Å². The van der Waals surface area contributed by atoms with Gasteiger partial charge in [0.1, 0.15) is 0 Å². The Labute approximate surface area is 106 Å². The van der Waals surface area contributed by atoms with E-state index in [-0.39, 0.29) is 0 Å². The second kappa shape index (κ2) is 7.43. The molecule has 0 N–H and O–H groups in total. The van der Waals surface area contributed by atoms with E-state index >= 15 is 0 Å². The van der Waals surface area contributed by atoms with E-state index in [2.05, 4.69) is 6.92 Å². The van der Waals surface area contributed by atoms with Gasteiger partial charge >= 0.3 is 0 Å². The third-order valence-corrected chi connectivity index (χ3v) is 3.97. The zero-order chi connectivity index (χ0) is 11.1. The molecule has 0 aliphatic rings. The monoisotopic (exact) mass is 262 g/mol.